The third-order valence-electron chi connectivity index (χ3n) is 3.63. The summed E-state index contributed by atoms with van der Waals surface area (Å²) in [6.07, 6.45) is 9.28. The molecule has 0 aliphatic rings. The molecule has 0 radical (unpaired) electrons. The zero-order valence-electron chi connectivity index (χ0n) is 15.9. The van der Waals surface area contributed by atoms with Crippen molar-refractivity contribution in [1.82, 2.24) is 0 Å². The average Bonchev–Trinajstić information content (AvgIpc) is 2.62. The monoisotopic (exact) mass is 348 g/mol. The molecule has 1 aromatic carbocycles. The van der Waals surface area contributed by atoms with Crippen molar-refractivity contribution < 1.29 is 19.0 Å². The van der Waals surface area contributed by atoms with E-state index in [9.17, 15) is 4.79 Å². The number of carbonyl (C=O) groups excluding carboxylic acids is 1. The molecule has 1 aromatic rings. The Morgan fingerprint density at radius 3 is 2.12 bits per heavy atom. The van der Waals surface area contributed by atoms with E-state index in [4.69, 9.17) is 14.2 Å². The lowest BCUT2D eigenvalue weighted by Crippen LogP contribution is -2.03. The van der Waals surface area contributed by atoms with Crippen LogP contribution in [0.5, 0.6) is 11.5 Å². The summed E-state index contributed by atoms with van der Waals surface area (Å²) in [6.45, 7) is 8.14. The Bertz CT molecular complexity index is 523. The number of rotatable bonds is 13. The number of esters is 1. The first-order valence-corrected chi connectivity index (χ1v) is 9.45. The highest BCUT2D eigenvalue weighted by Gasteiger charge is 2.06. The van der Waals surface area contributed by atoms with Crippen LogP contribution >= 0.6 is 0 Å². The van der Waals surface area contributed by atoms with Gasteiger partial charge in [0.1, 0.15) is 0 Å². The molecule has 4 heteroatoms. The fraction of sp³-hybridized carbons (Fsp3) is 0.571. The van der Waals surface area contributed by atoms with Crippen LogP contribution in [0.2, 0.25) is 0 Å². The summed E-state index contributed by atoms with van der Waals surface area (Å²) in [5, 5.41) is 0. The Kier molecular flexibility index (Phi) is 11.2. The van der Waals surface area contributed by atoms with Crippen LogP contribution in [0.4, 0.5) is 0 Å². The molecule has 25 heavy (non-hydrogen) atoms. The highest BCUT2D eigenvalue weighted by atomic mass is 16.5. The smallest absolute Gasteiger partial charge is 0.330 e. The Balaban J connectivity index is 2.72. The van der Waals surface area contributed by atoms with Gasteiger partial charge in [0.2, 0.25) is 0 Å². The molecule has 0 aromatic heterocycles. The highest BCUT2D eigenvalue weighted by molar-refractivity contribution is 5.87. The minimum atomic E-state index is -0.315. The van der Waals surface area contributed by atoms with Crippen LogP contribution in [0.1, 0.15) is 64.9 Å². The number of carbonyl (C=O) groups is 1. The van der Waals surface area contributed by atoms with Gasteiger partial charge in [-0.15, -0.1) is 0 Å². The molecule has 0 fully saturated rings. The lowest BCUT2D eigenvalue weighted by molar-refractivity contribution is -0.137. The fourth-order valence-corrected chi connectivity index (χ4v) is 2.04. The van der Waals surface area contributed by atoms with Gasteiger partial charge in [0.25, 0.3) is 0 Å². The third kappa shape index (κ3) is 9.18. The van der Waals surface area contributed by atoms with E-state index >= 15 is 0 Å². The molecule has 0 saturated carbocycles. The minimum Gasteiger partial charge on any atom is -0.490 e. The summed E-state index contributed by atoms with van der Waals surface area (Å²) >= 11 is 0. The van der Waals surface area contributed by atoms with Crippen LogP contribution in [0.25, 0.3) is 6.08 Å². The van der Waals surface area contributed by atoms with Crippen molar-refractivity contribution in [3.05, 3.63) is 29.8 Å². The van der Waals surface area contributed by atoms with Crippen molar-refractivity contribution in [3.63, 3.8) is 0 Å². The molecule has 0 atom stereocenters. The standard InChI is InChI=1S/C21H32O4/c1-4-7-14-23-19-12-10-18(17-20(19)24-15-8-5-2)11-13-21(22)25-16-9-6-3/h10-13,17H,4-9,14-16H2,1-3H3. The third-order valence-corrected chi connectivity index (χ3v) is 3.63. The highest BCUT2D eigenvalue weighted by Crippen LogP contribution is 2.29. The summed E-state index contributed by atoms with van der Waals surface area (Å²) in [6, 6.07) is 5.73. The normalized spacial score (nSPS) is 10.8. The van der Waals surface area contributed by atoms with Gasteiger partial charge in [-0.1, -0.05) is 46.1 Å². The number of benzene rings is 1. The van der Waals surface area contributed by atoms with E-state index in [0.29, 0.717) is 19.8 Å². The maximum absolute atomic E-state index is 11.7. The lowest BCUT2D eigenvalue weighted by atomic mass is 10.2. The largest absolute Gasteiger partial charge is 0.490 e. The van der Waals surface area contributed by atoms with E-state index in [1.165, 1.54) is 6.08 Å². The molecule has 0 heterocycles. The van der Waals surface area contributed by atoms with Gasteiger partial charge in [-0.2, -0.15) is 0 Å². The Morgan fingerprint density at radius 2 is 1.48 bits per heavy atom. The van der Waals surface area contributed by atoms with Crippen LogP contribution in [-0.4, -0.2) is 25.8 Å². The van der Waals surface area contributed by atoms with Crippen molar-refractivity contribution >= 4 is 12.0 Å². The number of unbranched alkanes of at least 4 members (excludes halogenated alkanes) is 3. The molecular formula is C21H32O4. The maximum atomic E-state index is 11.7. The zero-order chi connectivity index (χ0) is 18.3. The second-order valence-electron chi connectivity index (χ2n) is 5.96. The first kappa shape index (κ1) is 21.1. The molecule has 0 N–H and O–H groups in total. The summed E-state index contributed by atoms with van der Waals surface area (Å²) < 4.78 is 16.8. The van der Waals surface area contributed by atoms with Crippen molar-refractivity contribution in [3.8, 4) is 11.5 Å². The Hall–Kier alpha value is -1.97. The van der Waals surface area contributed by atoms with Crippen molar-refractivity contribution in [2.45, 2.75) is 59.3 Å². The number of ether oxygens (including phenoxy) is 3. The first-order valence-electron chi connectivity index (χ1n) is 9.45. The first-order chi connectivity index (χ1) is 12.2. The molecule has 1 rings (SSSR count). The summed E-state index contributed by atoms with van der Waals surface area (Å²) in [5.41, 5.74) is 0.891. The molecule has 0 spiro atoms. The average molecular weight is 348 g/mol. The molecule has 140 valence electrons. The molecule has 0 bridgehead atoms. The predicted molar refractivity (Wildman–Crippen MR) is 102 cm³/mol. The number of hydrogen-bond acceptors (Lipinski definition) is 4. The van der Waals surface area contributed by atoms with Crippen LogP contribution in [-0.2, 0) is 9.53 Å². The SMILES string of the molecule is CCCCOC(=O)C=Cc1ccc(OCCCC)c(OCCCC)c1. The van der Waals surface area contributed by atoms with Gasteiger partial charge in [0, 0.05) is 6.08 Å². The van der Waals surface area contributed by atoms with E-state index in [1.54, 1.807) is 6.08 Å². The van der Waals surface area contributed by atoms with Gasteiger partial charge < -0.3 is 14.2 Å². The Morgan fingerprint density at radius 1 is 0.880 bits per heavy atom. The van der Waals surface area contributed by atoms with Crippen molar-refractivity contribution in [2.24, 2.45) is 0 Å². The second kappa shape index (κ2) is 13.3. The topological polar surface area (TPSA) is 44.8 Å². The minimum absolute atomic E-state index is 0.315. The molecule has 0 unspecified atom stereocenters. The van der Waals surface area contributed by atoms with Gasteiger partial charge >= 0.3 is 5.97 Å². The second-order valence-corrected chi connectivity index (χ2v) is 5.96. The van der Waals surface area contributed by atoms with Gasteiger partial charge in [-0.05, 0) is 43.0 Å². The Labute approximate surface area is 152 Å². The maximum Gasteiger partial charge on any atom is 0.330 e. The van der Waals surface area contributed by atoms with Gasteiger partial charge in [-0.3, -0.25) is 0 Å². The van der Waals surface area contributed by atoms with Crippen molar-refractivity contribution in [2.75, 3.05) is 19.8 Å². The quantitative estimate of drug-likeness (QED) is 0.272. The molecule has 0 aliphatic carbocycles. The lowest BCUT2D eigenvalue weighted by Gasteiger charge is -2.13. The summed E-state index contributed by atoms with van der Waals surface area (Å²) in [5.74, 6) is 1.17. The van der Waals surface area contributed by atoms with Crippen LogP contribution in [0, 0.1) is 0 Å². The van der Waals surface area contributed by atoms with Crippen LogP contribution in [0.15, 0.2) is 24.3 Å². The van der Waals surface area contributed by atoms with Crippen LogP contribution < -0.4 is 9.47 Å². The molecule has 0 saturated heterocycles. The van der Waals surface area contributed by atoms with E-state index in [1.807, 2.05) is 18.2 Å². The van der Waals surface area contributed by atoms with Crippen LogP contribution in [0.3, 0.4) is 0 Å². The van der Waals surface area contributed by atoms with Crippen molar-refractivity contribution in [1.29, 1.82) is 0 Å². The molecular weight excluding hydrogens is 316 g/mol. The van der Waals surface area contributed by atoms with E-state index in [0.717, 1.165) is 55.6 Å². The summed E-state index contributed by atoms with van der Waals surface area (Å²) in [7, 11) is 0. The molecule has 4 nitrogen and oxygen atoms in total. The molecule has 0 aliphatic heterocycles. The van der Waals surface area contributed by atoms with Gasteiger partial charge in [-0.25, -0.2) is 4.79 Å². The number of hydrogen-bond donors (Lipinski definition) is 0. The fourth-order valence-electron chi connectivity index (χ4n) is 2.04. The van der Waals surface area contributed by atoms with E-state index in [2.05, 4.69) is 20.8 Å². The van der Waals surface area contributed by atoms with E-state index in [-0.39, 0.29) is 5.97 Å². The van der Waals surface area contributed by atoms with E-state index < -0.39 is 0 Å². The zero-order valence-corrected chi connectivity index (χ0v) is 15.9. The van der Waals surface area contributed by atoms with Gasteiger partial charge in [0.15, 0.2) is 11.5 Å². The predicted octanol–water partition coefficient (Wildman–Crippen LogP) is 5.40. The summed E-state index contributed by atoms with van der Waals surface area (Å²) in [4.78, 5) is 11.7. The molecule has 0 amide bonds. The van der Waals surface area contributed by atoms with Gasteiger partial charge in [0.05, 0.1) is 19.8 Å².